The second-order valence-corrected chi connectivity index (χ2v) is 4.20. The molecule has 0 aliphatic carbocycles. The Kier molecular flexibility index (Phi) is 4.18. The molecule has 0 spiro atoms. The molecule has 3 heteroatoms. The molecule has 0 heterocycles. The first-order chi connectivity index (χ1) is 8.75. The highest BCUT2D eigenvalue weighted by atomic mass is 19.1. The van der Waals surface area contributed by atoms with E-state index in [1.165, 1.54) is 11.6 Å². The molecule has 0 unspecified atom stereocenters. The second kappa shape index (κ2) is 6.05. The molecule has 0 radical (unpaired) electrons. The first-order valence-corrected chi connectivity index (χ1v) is 6.04. The van der Waals surface area contributed by atoms with E-state index in [1.54, 1.807) is 12.1 Å². The van der Waals surface area contributed by atoms with Crippen LogP contribution in [0.2, 0.25) is 0 Å². The molecule has 0 atom stereocenters. The number of hydrogen-bond acceptors (Lipinski definition) is 2. The Balaban J connectivity index is 0.00000180. The smallest absolute Gasteiger partial charge is 0.146 e. The van der Waals surface area contributed by atoms with Gasteiger partial charge < -0.3 is 10.6 Å². The maximum absolute atomic E-state index is 13.3. The highest BCUT2D eigenvalue weighted by molar-refractivity contribution is 5.46. The molecule has 0 aromatic heterocycles. The van der Waals surface area contributed by atoms with E-state index in [4.69, 9.17) is 0 Å². The average Bonchev–Trinajstić information content (AvgIpc) is 2.39. The number of anilines is 2. The van der Waals surface area contributed by atoms with Gasteiger partial charge in [0.1, 0.15) is 5.82 Å². The van der Waals surface area contributed by atoms with Crippen molar-refractivity contribution in [3.63, 3.8) is 0 Å². The third kappa shape index (κ3) is 3.48. The van der Waals surface area contributed by atoms with Gasteiger partial charge in [0, 0.05) is 21.6 Å². The van der Waals surface area contributed by atoms with Crippen molar-refractivity contribution in [2.24, 2.45) is 0 Å². The lowest BCUT2D eigenvalue weighted by Gasteiger charge is -2.09. The summed E-state index contributed by atoms with van der Waals surface area (Å²) < 4.78 is 13.3. The van der Waals surface area contributed by atoms with Crippen LogP contribution in [0.15, 0.2) is 48.5 Å². The Morgan fingerprint density at radius 2 is 1.61 bits per heavy atom. The van der Waals surface area contributed by atoms with Gasteiger partial charge in [-0.2, -0.15) is 0 Å². The number of benzene rings is 2. The van der Waals surface area contributed by atoms with Crippen molar-refractivity contribution in [2.75, 3.05) is 23.7 Å². The minimum Gasteiger partial charge on any atom is -0.383 e. The van der Waals surface area contributed by atoms with Gasteiger partial charge in [-0.3, -0.25) is 0 Å². The summed E-state index contributed by atoms with van der Waals surface area (Å²) in [5.41, 5.74) is 2.86. The summed E-state index contributed by atoms with van der Waals surface area (Å²) in [6.45, 7) is 3.48. The number of halogens is 1. The quantitative estimate of drug-likeness (QED) is 0.777. The minimum absolute atomic E-state index is 0. The lowest BCUT2D eigenvalue weighted by atomic mass is 10.2. The zero-order valence-electron chi connectivity index (χ0n) is 10.4. The zero-order chi connectivity index (χ0) is 12.8. The van der Waals surface area contributed by atoms with Crippen molar-refractivity contribution in [1.29, 1.82) is 0 Å². The number of para-hydroxylation sites is 1. The predicted octanol–water partition coefficient (Wildman–Crippen LogP) is 4.15. The predicted molar refractivity (Wildman–Crippen MR) is 78.8 cm³/mol. The Labute approximate surface area is 110 Å². The van der Waals surface area contributed by atoms with Crippen molar-refractivity contribution >= 4 is 11.4 Å². The van der Waals surface area contributed by atoms with Crippen LogP contribution >= 0.6 is 0 Å². The molecule has 2 aromatic rings. The largest absolute Gasteiger partial charge is 0.383 e. The van der Waals surface area contributed by atoms with E-state index in [2.05, 4.69) is 29.7 Å². The summed E-state index contributed by atoms with van der Waals surface area (Å²) in [7, 11) is 0. The third-order valence-corrected chi connectivity index (χ3v) is 2.69. The molecule has 18 heavy (non-hydrogen) atoms. The molecule has 2 rings (SSSR count). The normalized spacial score (nSPS) is 10.1. The van der Waals surface area contributed by atoms with Crippen molar-refractivity contribution in [3.8, 4) is 0 Å². The van der Waals surface area contributed by atoms with Crippen LogP contribution in [0.25, 0.3) is 0 Å². The minimum atomic E-state index is -0.215. The molecule has 0 aliphatic heterocycles. The van der Waals surface area contributed by atoms with Crippen LogP contribution in [0.1, 0.15) is 8.42 Å². The fourth-order valence-corrected chi connectivity index (χ4v) is 1.68. The molecule has 0 bridgehead atoms. The summed E-state index contributed by atoms with van der Waals surface area (Å²) in [6.07, 6.45) is 0. The van der Waals surface area contributed by atoms with Crippen LogP contribution in [-0.4, -0.2) is 13.1 Å². The Morgan fingerprint density at radius 1 is 0.944 bits per heavy atom. The first-order valence-electron chi connectivity index (χ1n) is 6.04. The van der Waals surface area contributed by atoms with Crippen molar-refractivity contribution in [3.05, 3.63) is 59.9 Å². The molecule has 2 nitrogen and oxygen atoms in total. The maximum Gasteiger partial charge on any atom is 0.146 e. The topological polar surface area (TPSA) is 24.1 Å². The van der Waals surface area contributed by atoms with Crippen molar-refractivity contribution in [1.82, 2.24) is 0 Å². The SMILES string of the molecule is Cc1ccc(NCCNc2ccccc2F)cc1.[HH].[HH]. The van der Waals surface area contributed by atoms with Crippen LogP contribution in [0.5, 0.6) is 0 Å². The molecule has 98 valence electrons. The maximum atomic E-state index is 13.3. The van der Waals surface area contributed by atoms with Gasteiger partial charge >= 0.3 is 0 Å². The van der Waals surface area contributed by atoms with Crippen LogP contribution in [0, 0.1) is 12.7 Å². The Bertz CT molecular complexity index is 503. The van der Waals surface area contributed by atoms with E-state index in [9.17, 15) is 4.39 Å². The summed E-state index contributed by atoms with van der Waals surface area (Å²) in [5.74, 6) is -0.215. The molecule has 0 saturated carbocycles. The van der Waals surface area contributed by atoms with E-state index in [-0.39, 0.29) is 8.67 Å². The number of rotatable bonds is 5. The van der Waals surface area contributed by atoms with E-state index >= 15 is 0 Å². The summed E-state index contributed by atoms with van der Waals surface area (Å²) in [6, 6.07) is 14.9. The molecule has 0 fully saturated rings. The number of hydrogen-bond donors (Lipinski definition) is 2. The average molecular weight is 248 g/mol. The highest BCUT2D eigenvalue weighted by Crippen LogP contribution is 2.12. The van der Waals surface area contributed by atoms with E-state index in [0.29, 0.717) is 12.2 Å². The van der Waals surface area contributed by atoms with Crippen LogP contribution in [-0.2, 0) is 0 Å². The van der Waals surface area contributed by atoms with Gasteiger partial charge in [-0.15, -0.1) is 0 Å². The fourth-order valence-electron chi connectivity index (χ4n) is 1.68. The van der Waals surface area contributed by atoms with Crippen LogP contribution < -0.4 is 10.6 Å². The van der Waals surface area contributed by atoms with Crippen LogP contribution in [0.4, 0.5) is 15.8 Å². The zero-order valence-corrected chi connectivity index (χ0v) is 10.4. The molecular weight excluding hydrogens is 227 g/mol. The van der Waals surface area contributed by atoms with Crippen molar-refractivity contribution in [2.45, 2.75) is 6.92 Å². The number of nitrogens with one attached hydrogen (secondary N) is 2. The van der Waals surface area contributed by atoms with Gasteiger partial charge in [0.15, 0.2) is 0 Å². The van der Waals surface area contributed by atoms with Crippen LogP contribution in [0.3, 0.4) is 0 Å². The lowest BCUT2D eigenvalue weighted by molar-refractivity contribution is 0.630. The third-order valence-electron chi connectivity index (χ3n) is 2.69. The molecule has 2 aromatic carbocycles. The Hall–Kier alpha value is -2.03. The molecule has 0 saturated heterocycles. The Morgan fingerprint density at radius 3 is 2.33 bits per heavy atom. The van der Waals surface area contributed by atoms with E-state index < -0.39 is 0 Å². The lowest BCUT2D eigenvalue weighted by Crippen LogP contribution is -2.14. The van der Waals surface area contributed by atoms with Gasteiger partial charge in [0.05, 0.1) is 5.69 Å². The van der Waals surface area contributed by atoms with Gasteiger partial charge in [-0.1, -0.05) is 29.8 Å². The summed E-state index contributed by atoms with van der Waals surface area (Å²) in [4.78, 5) is 0. The fraction of sp³-hybridized carbons (Fsp3) is 0.200. The monoisotopic (exact) mass is 248 g/mol. The van der Waals surface area contributed by atoms with Gasteiger partial charge in [0.2, 0.25) is 0 Å². The second-order valence-electron chi connectivity index (χ2n) is 4.20. The van der Waals surface area contributed by atoms with Gasteiger partial charge in [-0.25, -0.2) is 4.39 Å². The molecular formula is C15H21FN2. The van der Waals surface area contributed by atoms with Gasteiger partial charge in [-0.05, 0) is 31.2 Å². The molecule has 0 amide bonds. The van der Waals surface area contributed by atoms with E-state index in [0.717, 1.165) is 12.2 Å². The van der Waals surface area contributed by atoms with E-state index in [1.807, 2.05) is 18.2 Å². The summed E-state index contributed by atoms with van der Waals surface area (Å²) in [5, 5.41) is 6.33. The summed E-state index contributed by atoms with van der Waals surface area (Å²) >= 11 is 0. The van der Waals surface area contributed by atoms with Gasteiger partial charge in [0.25, 0.3) is 0 Å². The first kappa shape index (κ1) is 12.4. The number of aryl methyl sites for hydroxylation is 1. The van der Waals surface area contributed by atoms with Crippen molar-refractivity contribution < 1.29 is 7.24 Å². The molecule has 2 N–H and O–H groups in total. The standard InChI is InChI=1S/C15H17FN2.2H2/c1-12-6-8-13(9-7-12)17-10-11-18-15-5-3-2-4-14(15)16;;/h2-9,17-18H,10-11H2,1H3;2*1H. The molecule has 0 aliphatic rings. The highest BCUT2D eigenvalue weighted by Gasteiger charge is 1.98.